The van der Waals surface area contributed by atoms with Gasteiger partial charge in [0.15, 0.2) is 5.65 Å². The zero-order valence-corrected chi connectivity index (χ0v) is 11.2. The minimum atomic E-state index is -0.225. The molecule has 20 heavy (non-hydrogen) atoms. The Kier molecular flexibility index (Phi) is 2.39. The van der Waals surface area contributed by atoms with Crippen molar-refractivity contribution in [2.24, 2.45) is 0 Å². The first-order valence-electron chi connectivity index (χ1n) is 6.86. The van der Waals surface area contributed by atoms with Crippen molar-refractivity contribution < 1.29 is 4.39 Å². The molecule has 0 spiro atoms. The lowest BCUT2D eigenvalue weighted by molar-refractivity contribution is 0.628. The topological polar surface area (TPSA) is 30.2 Å². The average Bonchev–Trinajstić information content (AvgIpc) is 3.03. The third-order valence-electron chi connectivity index (χ3n) is 4.00. The first kappa shape index (κ1) is 11.6. The van der Waals surface area contributed by atoms with Gasteiger partial charge in [-0.15, -0.1) is 0 Å². The molecule has 4 heteroatoms. The Morgan fingerprint density at radius 1 is 1.15 bits per heavy atom. The molecule has 0 radical (unpaired) electrons. The summed E-state index contributed by atoms with van der Waals surface area (Å²) in [4.78, 5) is 4.58. The van der Waals surface area contributed by atoms with Crippen LogP contribution >= 0.6 is 0 Å². The minimum absolute atomic E-state index is 0.225. The monoisotopic (exact) mass is 267 g/mol. The van der Waals surface area contributed by atoms with Gasteiger partial charge >= 0.3 is 0 Å². The van der Waals surface area contributed by atoms with Gasteiger partial charge in [-0.25, -0.2) is 13.9 Å². The van der Waals surface area contributed by atoms with Crippen LogP contribution in [0.4, 0.5) is 4.39 Å². The van der Waals surface area contributed by atoms with E-state index in [1.807, 2.05) is 17.6 Å². The second-order valence-electron chi connectivity index (χ2n) is 5.29. The van der Waals surface area contributed by atoms with Crippen LogP contribution in [0.2, 0.25) is 0 Å². The van der Waals surface area contributed by atoms with E-state index < -0.39 is 0 Å². The van der Waals surface area contributed by atoms with E-state index in [0.717, 1.165) is 35.3 Å². The van der Waals surface area contributed by atoms with Crippen molar-refractivity contribution in [2.45, 2.75) is 26.2 Å². The number of aryl methyl sites for hydroxylation is 3. The van der Waals surface area contributed by atoms with Crippen molar-refractivity contribution in [3.63, 3.8) is 0 Å². The lowest BCUT2D eigenvalue weighted by atomic mass is 10.1. The van der Waals surface area contributed by atoms with E-state index >= 15 is 0 Å². The third kappa shape index (κ3) is 1.57. The molecule has 1 aromatic carbocycles. The lowest BCUT2D eigenvalue weighted by Gasteiger charge is -2.03. The van der Waals surface area contributed by atoms with E-state index in [2.05, 4.69) is 10.1 Å². The Balaban J connectivity index is 2.00. The summed E-state index contributed by atoms with van der Waals surface area (Å²) in [6, 6.07) is 6.53. The molecule has 2 aromatic heterocycles. The number of hydrogen-bond donors (Lipinski definition) is 0. The van der Waals surface area contributed by atoms with Gasteiger partial charge in [0.2, 0.25) is 0 Å². The fourth-order valence-corrected chi connectivity index (χ4v) is 3.05. The molecular weight excluding hydrogens is 253 g/mol. The van der Waals surface area contributed by atoms with E-state index in [9.17, 15) is 4.39 Å². The van der Waals surface area contributed by atoms with Gasteiger partial charge in [0, 0.05) is 17.5 Å². The molecule has 1 aliphatic rings. The second kappa shape index (κ2) is 4.13. The number of nitrogens with zero attached hydrogens (tertiary/aromatic N) is 3. The fraction of sp³-hybridized carbons (Fsp3) is 0.250. The highest BCUT2D eigenvalue weighted by molar-refractivity contribution is 5.80. The summed E-state index contributed by atoms with van der Waals surface area (Å²) < 4.78 is 15.1. The van der Waals surface area contributed by atoms with Crippen LogP contribution in [0.1, 0.15) is 23.4 Å². The Hall–Kier alpha value is -2.23. The summed E-state index contributed by atoms with van der Waals surface area (Å²) in [5.41, 5.74) is 6.33. The summed E-state index contributed by atoms with van der Waals surface area (Å²) in [5, 5.41) is 4.64. The third-order valence-corrected chi connectivity index (χ3v) is 4.00. The van der Waals surface area contributed by atoms with E-state index in [-0.39, 0.29) is 5.82 Å². The Morgan fingerprint density at radius 2 is 1.95 bits per heavy atom. The number of rotatable bonds is 1. The fourth-order valence-electron chi connectivity index (χ4n) is 3.05. The molecule has 0 unspecified atom stereocenters. The van der Waals surface area contributed by atoms with Crippen molar-refractivity contribution in [1.29, 1.82) is 0 Å². The van der Waals surface area contributed by atoms with Gasteiger partial charge in [0.05, 0.1) is 5.69 Å². The molecule has 3 nitrogen and oxygen atoms in total. The maximum atomic E-state index is 13.1. The Labute approximate surface area is 116 Å². The van der Waals surface area contributed by atoms with E-state index in [0.29, 0.717) is 0 Å². The quantitative estimate of drug-likeness (QED) is 0.677. The highest BCUT2D eigenvalue weighted by atomic mass is 19.1. The first-order chi connectivity index (χ1) is 9.74. The van der Waals surface area contributed by atoms with E-state index in [4.69, 9.17) is 0 Å². The zero-order valence-electron chi connectivity index (χ0n) is 11.2. The molecule has 0 N–H and O–H groups in total. The molecule has 0 atom stereocenters. The molecule has 0 aliphatic heterocycles. The molecule has 0 bridgehead atoms. The van der Waals surface area contributed by atoms with Crippen molar-refractivity contribution in [2.75, 3.05) is 0 Å². The van der Waals surface area contributed by atoms with Gasteiger partial charge in [-0.1, -0.05) is 12.1 Å². The second-order valence-corrected chi connectivity index (χ2v) is 5.29. The van der Waals surface area contributed by atoms with Crippen molar-refractivity contribution in [3.8, 4) is 11.1 Å². The van der Waals surface area contributed by atoms with E-state index in [1.54, 1.807) is 12.1 Å². The summed E-state index contributed by atoms with van der Waals surface area (Å²) in [6.45, 7) is 1.98. The molecular formula is C16H14FN3. The summed E-state index contributed by atoms with van der Waals surface area (Å²) >= 11 is 0. The number of fused-ring (bicyclic) bond motifs is 3. The maximum absolute atomic E-state index is 13.1. The zero-order chi connectivity index (χ0) is 13.7. The summed E-state index contributed by atoms with van der Waals surface area (Å²) in [6.07, 6.45) is 5.27. The van der Waals surface area contributed by atoms with Crippen molar-refractivity contribution in [1.82, 2.24) is 14.6 Å². The molecule has 3 aromatic rings. The van der Waals surface area contributed by atoms with Crippen molar-refractivity contribution >= 4 is 5.65 Å². The van der Waals surface area contributed by atoms with Crippen LogP contribution in [0.15, 0.2) is 30.5 Å². The molecule has 0 amide bonds. The highest BCUT2D eigenvalue weighted by Gasteiger charge is 2.20. The van der Waals surface area contributed by atoms with Gasteiger partial charge in [-0.2, -0.15) is 5.10 Å². The SMILES string of the molecule is Cc1nn2c3c(cnc2c1-c1ccc(F)cc1)CCC3. The highest BCUT2D eigenvalue weighted by Crippen LogP contribution is 2.30. The van der Waals surface area contributed by atoms with Gasteiger partial charge in [-0.3, -0.25) is 0 Å². The molecule has 2 heterocycles. The van der Waals surface area contributed by atoms with Gasteiger partial charge in [0.25, 0.3) is 0 Å². The summed E-state index contributed by atoms with van der Waals surface area (Å²) in [7, 11) is 0. The smallest absolute Gasteiger partial charge is 0.163 e. The Bertz CT molecular complexity index is 803. The van der Waals surface area contributed by atoms with Gasteiger partial charge in [-0.05, 0) is 49.4 Å². The minimum Gasteiger partial charge on any atom is -0.236 e. The predicted octanol–water partition coefficient (Wildman–Crippen LogP) is 3.33. The first-order valence-corrected chi connectivity index (χ1v) is 6.86. The van der Waals surface area contributed by atoms with E-state index in [1.165, 1.54) is 29.8 Å². The number of aromatic nitrogens is 3. The predicted molar refractivity (Wildman–Crippen MR) is 75.1 cm³/mol. The number of hydrogen-bond acceptors (Lipinski definition) is 2. The lowest BCUT2D eigenvalue weighted by Crippen LogP contribution is -1.99. The largest absolute Gasteiger partial charge is 0.236 e. The molecule has 100 valence electrons. The average molecular weight is 267 g/mol. The van der Waals surface area contributed by atoms with Crippen LogP contribution in [0, 0.1) is 12.7 Å². The molecule has 1 aliphatic carbocycles. The molecule has 0 saturated heterocycles. The van der Waals surface area contributed by atoms with Crippen molar-refractivity contribution in [3.05, 3.63) is 53.2 Å². The molecule has 0 saturated carbocycles. The van der Waals surface area contributed by atoms with Crippen LogP contribution in [-0.2, 0) is 12.8 Å². The normalized spacial score (nSPS) is 13.9. The maximum Gasteiger partial charge on any atom is 0.163 e. The number of halogens is 1. The van der Waals surface area contributed by atoms with Gasteiger partial charge < -0.3 is 0 Å². The van der Waals surface area contributed by atoms with Crippen LogP contribution in [0.3, 0.4) is 0 Å². The van der Waals surface area contributed by atoms with Crippen LogP contribution in [0.5, 0.6) is 0 Å². The van der Waals surface area contributed by atoms with Crippen LogP contribution in [0.25, 0.3) is 16.8 Å². The van der Waals surface area contributed by atoms with Crippen LogP contribution in [-0.4, -0.2) is 14.6 Å². The van der Waals surface area contributed by atoms with Crippen LogP contribution < -0.4 is 0 Å². The standard InChI is InChI=1S/C16H14FN3/c1-10-15(11-5-7-13(17)8-6-11)16-18-9-12-3-2-4-14(12)20(16)19-10/h5-9H,2-4H2,1H3. The summed E-state index contributed by atoms with van der Waals surface area (Å²) in [5.74, 6) is -0.225. The molecule has 0 fully saturated rings. The van der Waals surface area contributed by atoms with Gasteiger partial charge in [0.1, 0.15) is 5.82 Å². The number of benzene rings is 1. The Morgan fingerprint density at radius 3 is 2.75 bits per heavy atom. The molecule has 4 rings (SSSR count).